The first kappa shape index (κ1) is 27.3. The monoisotopic (exact) mass is 498 g/mol. The van der Waals surface area contributed by atoms with Crippen molar-refractivity contribution in [3.63, 3.8) is 0 Å². The molecule has 1 amide bonds. The summed E-state index contributed by atoms with van der Waals surface area (Å²) < 4.78 is 16.5. The lowest BCUT2D eigenvalue weighted by Crippen LogP contribution is -2.50. The number of hydrogen-bond acceptors (Lipinski definition) is 7. The minimum Gasteiger partial charge on any atom is -0.480 e. The molecule has 1 unspecified atom stereocenters. The zero-order chi connectivity index (χ0) is 26.1. The van der Waals surface area contributed by atoms with E-state index >= 15 is 0 Å². The van der Waals surface area contributed by atoms with Crippen LogP contribution in [0.5, 0.6) is 0 Å². The number of rotatable bonds is 12. The van der Waals surface area contributed by atoms with Crippen molar-refractivity contribution in [2.24, 2.45) is 0 Å². The van der Waals surface area contributed by atoms with E-state index in [4.69, 9.17) is 19.3 Å². The quantitative estimate of drug-likeness (QED) is 0.381. The van der Waals surface area contributed by atoms with E-state index in [1.807, 2.05) is 50.2 Å². The van der Waals surface area contributed by atoms with Crippen molar-refractivity contribution in [3.05, 3.63) is 71.3 Å². The summed E-state index contributed by atoms with van der Waals surface area (Å²) in [6.45, 7) is 5.98. The average molecular weight is 499 g/mol. The van der Waals surface area contributed by atoms with Crippen LogP contribution in [0, 0.1) is 0 Å². The van der Waals surface area contributed by atoms with Gasteiger partial charge in [-0.25, -0.2) is 4.79 Å². The van der Waals surface area contributed by atoms with Gasteiger partial charge in [-0.15, -0.1) is 0 Å². The van der Waals surface area contributed by atoms with Crippen molar-refractivity contribution in [2.45, 2.75) is 57.6 Å². The van der Waals surface area contributed by atoms with Crippen LogP contribution in [-0.4, -0.2) is 66.7 Å². The number of amides is 1. The molecule has 9 nitrogen and oxygen atoms in total. The van der Waals surface area contributed by atoms with Crippen LogP contribution in [0.1, 0.15) is 42.3 Å². The molecule has 36 heavy (non-hydrogen) atoms. The molecule has 9 heteroatoms. The van der Waals surface area contributed by atoms with Crippen LogP contribution in [0.2, 0.25) is 0 Å². The van der Waals surface area contributed by atoms with E-state index in [2.05, 4.69) is 10.6 Å². The van der Waals surface area contributed by atoms with E-state index in [0.29, 0.717) is 31.6 Å². The van der Waals surface area contributed by atoms with Crippen molar-refractivity contribution in [2.75, 3.05) is 19.8 Å². The van der Waals surface area contributed by atoms with Crippen LogP contribution in [-0.2, 0) is 36.6 Å². The molecule has 1 heterocycles. The second-order valence-electron chi connectivity index (χ2n) is 9.26. The predicted molar refractivity (Wildman–Crippen MR) is 133 cm³/mol. The van der Waals surface area contributed by atoms with Crippen molar-refractivity contribution in [1.82, 2.24) is 10.6 Å². The fourth-order valence-electron chi connectivity index (χ4n) is 3.82. The van der Waals surface area contributed by atoms with Gasteiger partial charge in [-0.3, -0.25) is 9.59 Å². The van der Waals surface area contributed by atoms with Gasteiger partial charge in [0.25, 0.3) is 0 Å². The molecule has 2 aromatic rings. The normalized spacial score (nSPS) is 18.2. The van der Waals surface area contributed by atoms with Crippen LogP contribution < -0.4 is 10.6 Å². The van der Waals surface area contributed by atoms with Gasteiger partial charge in [-0.1, -0.05) is 42.5 Å². The highest BCUT2D eigenvalue weighted by molar-refractivity contribution is 5.89. The van der Waals surface area contributed by atoms with E-state index in [-0.39, 0.29) is 18.6 Å². The van der Waals surface area contributed by atoms with Crippen LogP contribution in [0.25, 0.3) is 0 Å². The lowest BCUT2D eigenvalue weighted by Gasteiger charge is -2.20. The fourth-order valence-corrected chi connectivity index (χ4v) is 3.82. The maximum absolute atomic E-state index is 12.8. The number of nitrogens with one attached hydrogen (secondary N) is 2. The Morgan fingerprint density at radius 1 is 1.11 bits per heavy atom. The summed E-state index contributed by atoms with van der Waals surface area (Å²) in [6, 6.07) is 15.0. The van der Waals surface area contributed by atoms with Crippen molar-refractivity contribution < 1.29 is 33.7 Å². The van der Waals surface area contributed by atoms with Gasteiger partial charge >= 0.3 is 11.9 Å². The Hall–Kier alpha value is -3.27. The van der Waals surface area contributed by atoms with Gasteiger partial charge in [0, 0.05) is 0 Å². The molecule has 2 aromatic carbocycles. The van der Waals surface area contributed by atoms with Gasteiger partial charge in [-0.05, 0) is 63.4 Å². The van der Waals surface area contributed by atoms with E-state index in [1.165, 1.54) is 6.92 Å². The molecule has 3 atom stereocenters. The highest BCUT2D eigenvalue weighted by Gasteiger charge is 2.33. The summed E-state index contributed by atoms with van der Waals surface area (Å²) in [5.41, 5.74) is 2.29. The molecular weight excluding hydrogens is 464 g/mol. The maximum Gasteiger partial charge on any atom is 0.338 e. The third kappa shape index (κ3) is 8.44. The number of carboxylic acid groups (broad SMARTS) is 1. The van der Waals surface area contributed by atoms with Gasteiger partial charge in [0.2, 0.25) is 5.91 Å². The number of carboxylic acids is 1. The predicted octanol–water partition coefficient (Wildman–Crippen LogP) is 2.33. The Morgan fingerprint density at radius 3 is 2.50 bits per heavy atom. The molecular formula is C27H34N2O7. The van der Waals surface area contributed by atoms with Gasteiger partial charge < -0.3 is 30.0 Å². The standard InChI is InChI=1S/C27H34N2O7/c1-18(25(31)32)29-24(30)23(15-19-8-5-4-6-9-19)28-13-12-20-10-7-11-21(14-20)26(33)34-16-22-17-35-27(2,3)36-22/h4-11,14,18,22-23,28H,12-13,15-17H2,1-3H3,(H,29,30)(H,31,32)/t18?,22-,23-/m0/s1. The first-order chi connectivity index (χ1) is 17.1. The molecule has 0 bridgehead atoms. The first-order valence-corrected chi connectivity index (χ1v) is 12.0. The Balaban J connectivity index is 1.55. The topological polar surface area (TPSA) is 123 Å². The van der Waals surface area contributed by atoms with Gasteiger partial charge in [0.1, 0.15) is 18.8 Å². The molecule has 1 aliphatic heterocycles. The smallest absolute Gasteiger partial charge is 0.338 e. The first-order valence-electron chi connectivity index (χ1n) is 12.0. The second-order valence-corrected chi connectivity index (χ2v) is 9.26. The highest BCUT2D eigenvalue weighted by Crippen LogP contribution is 2.22. The van der Waals surface area contributed by atoms with E-state index in [0.717, 1.165) is 11.1 Å². The van der Waals surface area contributed by atoms with Crippen molar-refractivity contribution >= 4 is 17.8 Å². The fraction of sp³-hybridized carbons (Fsp3) is 0.444. The summed E-state index contributed by atoms with van der Waals surface area (Å²) in [4.78, 5) is 36.4. The lowest BCUT2D eigenvalue weighted by atomic mass is 10.0. The molecule has 0 spiro atoms. The largest absolute Gasteiger partial charge is 0.480 e. The summed E-state index contributed by atoms with van der Waals surface area (Å²) in [6.07, 6.45) is 0.671. The third-order valence-electron chi connectivity index (χ3n) is 5.76. The molecule has 0 aromatic heterocycles. The van der Waals surface area contributed by atoms with E-state index in [9.17, 15) is 14.4 Å². The van der Waals surface area contributed by atoms with Crippen LogP contribution in [0.4, 0.5) is 0 Å². The molecule has 1 aliphatic rings. The molecule has 0 radical (unpaired) electrons. The molecule has 3 N–H and O–H groups in total. The van der Waals surface area contributed by atoms with Gasteiger partial charge in [0.05, 0.1) is 18.2 Å². The summed E-state index contributed by atoms with van der Waals surface area (Å²) in [5, 5.41) is 14.9. The van der Waals surface area contributed by atoms with Crippen LogP contribution in [0.15, 0.2) is 54.6 Å². The lowest BCUT2D eigenvalue weighted by molar-refractivity contribution is -0.142. The van der Waals surface area contributed by atoms with Crippen LogP contribution in [0.3, 0.4) is 0 Å². The van der Waals surface area contributed by atoms with Gasteiger partial charge in [-0.2, -0.15) is 0 Å². The Labute approximate surface area is 211 Å². The molecule has 1 saturated heterocycles. The molecule has 3 rings (SSSR count). The second kappa shape index (κ2) is 12.6. The molecule has 0 aliphatic carbocycles. The molecule has 1 fully saturated rings. The van der Waals surface area contributed by atoms with Crippen molar-refractivity contribution in [3.8, 4) is 0 Å². The minimum atomic E-state index is -1.10. The summed E-state index contributed by atoms with van der Waals surface area (Å²) in [7, 11) is 0. The average Bonchev–Trinajstić information content (AvgIpc) is 3.21. The zero-order valence-electron chi connectivity index (χ0n) is 20.9. The summed E-state index contributed by atoms with van der Waals surface area (Å²) in [5.74, 6) is -2.60. The van der Waals surface area contributed by atoms with Crippen molar-refractivity contribution in [1.29, 1.82) is 0 Å². The number of hydrogen-bond donors (Lipinski definition) is 3. The SMILES string of the molecule is CC(NC(=O)[C@H](Cc1ccccc1)NCCc1cccc(C(=O)OC[C@H]2COC(C)(C)O2)c1)C(=O)O. The number of aliphatic carboxylic acids is 1. The molecule has 194 valence electrons. The maximum atomic E-state index is 12.8. The molecule has 0 saturated carbocycles. The highest BCUT2D eigenvalue weighted by atomic mass is 16.7. The summed E-state index contributed by atoms with van der Waals surface area (Å²) >= 11 is 0. The number of carbonyl (C=O) groups is 3. The third-order valence-corrected chi connectivity index (χ3v) is 5.76. The van der Waals surface area contributed by atoms with E-state index in [1.54, 1.807) is 18.2 Å². The van der Waals surface area contributed by atoms with E-state index < -0.39 is 29.8 Å². The number of ether oxygens (including phenoxy) is 3. The minimum absolute atomic E-state index is 0.110. The number of esters is 1. The number of carbonyl (C=O) groups excluding carboxylic acids is 2. The number of benzene rings is 2. The van der Waals surface area contributed by atoms with Crippen LogP contribution >= 0.6 is 0 Å². The Bertz CT molecular complexity index is 1040. The Morgan fingerprint density at radius 2 is 1.83 bits per heavy atom. The zero-order valence-corrected chi connectivity index (χ0v) is 20.9. The van der Waals surface area contributed by atoms with Gasteiger partial charge in [0.15, 0.2) is 5.79 Å². The Kier molecular flexibility index (Phi) is 9.58.